The summed E-state index contributed by atoms with van der Waals surface area (Å²) in [6, 6.07) is 8.67. The lowest BCUT2D eigenvalue weighted by Crippen LogP contribution is -2.42. The number of carbonyl (C=O) groups is 1. The SMILES string of the molecule is Cc1oc2ncnc(N3CCC(C(=O)N[C@H]4CCCc5ccccc54)CC3)c2c1C. The minimum atomic E-state index is 0.0554. The molecule has 156 valence electrons. The van der Waals surface area contributed by atoms with Crippen molar-refractivity contribution in [3.8, 4) is 0 Å². The second-order valence-corrected chi connectivity index (χ2v) is 8.57. The third-order valence-corrected chi connectivity index (χ3v) is 6.80. The van der Waals surface area contributed by atoms with Gasteiger partial charge >= 0.3 is 0 Å². The zero-order valence-corrected chi connectivity index (χ0v) is 17.6. The first-order valence-electron chi connectivity index (χ1n) is 11.0. The van der Waals surface area contributed by atoms with Gasteiger partial charge in [-0.05, 0) is 57.1 Å². The standard InChI is InChI=1S/C24H28N4O2/c1-15-16(2)30-24-21(15)22(25-14-26-24)28-12-10-18(11-13-28)23(29)27-20-9-5-7-17-6-3-4-8-19(17)20/h3-4,6,8,14,18,20H,5,7,9-13H2,1-2H3,(H,27,29)/t20-/m0/s1. The third-order valence-electron chi connectivity index (χ3n) is 6.80. The summed E-state index contributed by atoms with van der Waals surface area (Å²) in [5, 5.41) is 4.34. The quantitative estimate of drug-likeness (QED) is 0.707. The van der Waals surface area contributed by atoms with Crippen LogP contribution in [0.25, 0.3) is 11.1 Å². The summed E-state index contributed by atoms with van der Waals surface area (Å²) in [6.45, 7) is 5.64. The number of aromatic nitrogens is 2. The van der Waals surface area contributed by atoms with Gasteiger partial charge < -0.3 is 14.6 Å². The number of benzene rings is 1. The van der Waals surface area contributed by atoms with Crippen molar-refractivity contribution in [1.82, 2.24) is 15.3 Å². The first kappa shape index (κ1) is 19.1. The molecule has 3 heterocycles. The van der Waals surface area contributed by atoms with Crippen molar-refractivity contribution < 1.29 is 9.21 Å². The van der Waals surface area contributed by atoms with Crippen molar-refractivity contribution in [2.45, 2.75) is 52.0 Å². The minimum absolute atomic E-state index is 0.0554. The van der Waals surface area contributed by atoms with E-state index in [-0.39, 0.29) is 17.9 Å². The van der Waals surface area contributed by atoms with Gasteiger partial charge in [0.25, 0.3) is 0 Å². The Morgan fingerprint density at radius 1 is 1.13 bits per heavy atom. The van der Waals surface area contributed by atoms with Crippen LogP contribution in [0, 0.1) is 19.8 Å². The molecule has 0 unspecified atom stereocenters. The van der Waals surface area contributed by atoms with Crippen LogP contribution in [0.2, 0.25) is 0 Å². The first-order chi connectivity index (χ1) is 14.6. The average Bonchev–Trinajstić information content (AvgIpc) is 3.08. The molecule has 3 aromatic rings. The van der Waals surface area contributed by atoms with E-state index >= 15 is 0 Å². The van der Waals surface area contributed by atoms with Crippen LogP contribution in [0.15, 0.2) is 35.0 Å². The molecule has 1 N–H and O–H groups in total. The van der Waals surface area contributed by atoms with E-state index in [1.807, 2.05) is 6.92 Å². The summed E-state index contributed by atoms with van der Waals surface area (Å²) in [5.41, 5.74) is 4.41. The van der Waals surface area contributed by atoms with E-state index < -0.39 is 0 Å². The molecule has 0 bridgehead atoms. The second-order valence-electron chi connectivity index (χ2n) is 8.57. The number of anilines is 1. The number of nitrogens with zero attached hydrogens (tertiary/aromatic N) is 3. The Morgan fingerprint density at radius 2 is 1.93 bits per heavy atom. The van der Waals surface area contributed by atoms with Crippen LogP contribution in [-0.4, -0.2) is 29.0 Å². The van der Waals surface area contributed by atoms with Gasteiger partial charge in [0.1, 0.15) is 17.9 Å². The van der Waals surface area contributed by atoms with Crippen LogP contribution in [0.4, 0.5) is 5.82 Å². The van der Waals surface area contributed by atoms with Crippen molar-refractivity contribution in [2.24, 2.45) is 5.92 Å². The fourth-order valence-corrected chi connectivity index (χ4v) is 4.95. The van der Waals surface area contributed by atoms with Crippen LogP contribution in [0.5, 0.6) is 0 Å². The second kappa shape index (κ2) is 7.74. The largest absolute Gasteiger partial charge is 0.443 e. The number of furan rings is 1. The van der Waals surface area contributed by atoms with E-state index in [0.717, 1.165) is 67.7 Å². The predicted molar refractivity (Wildman–Crippen MR) is 116 cm³/mol. The number of carbonyl (C=O) groups excluding carboxylic acids is 1. The molecule has 1 aliphatic heterocycles. The van der Waals surface area contributed by atoms with Gasteiger partial charge in [0, 0.05) is 24.6 Å². The Hall–Kier alpha value is -2.89. The minimum Gasteiger partial charge on any atom is -0.443 e. The molecule has 6 nitrogen and oxygen atoms in total. The van der Waals surface area contributed by atoms with Crippen molar-refractivity contribution in [3.05, 3.63) is 53.0 Å². The van der Waals surface area contributed by atoms with E-state index in [9.17, 15) is 4.79 Å². The molecule has 0 saturated carbocycles. The lowest BCUT2D eigenvalue weighted by molar-refractivity contribution is -0.126. The van der Waals surface area contributed by atoms with Gasteiger partial charge in [-0.15, -0.1) is 0 Å². The van der Waals surface area contributed by atoms with Gasteiger partial charge in [0.2, 0.25) is 11.6 Å². The van der Waals surface area contributed by atoms with Crippen LogP contribution in [-0.2, 0) is 11.2 Å². The zero-order chi connectivity index (χ0) is 20.7. The van der Waals surface area contributed by atoms with Crippen molar-refractivity contribution >= 4 is 22.8 Å². The molecule has 1 atom stereocenters. The highest BCUT2D eigenvalue weighted by Crippen LogP contribution is 2.33. The Kier molecular flexibility index (Phi) is 4.93. The lowest BCUT2D eigenvalue weighted by Gasteiger charge is -2.34. The molecule has 1 aromatic carbocycles. The molecule has 5 rings (SSSR count). The van der Waals surface area contributed by atoms with E-state index in [0.29, 0.717) is 5.71 Å². The fourth-order valence-electron chi connectivity index (χ4n) is 4.95. The molecule has 1 amide bonds. The highest BCUT2D eigenvalue weighted by molar-refractivity contribution is 5.90. The van der Waals surface area contributed by atoms with E-state index in [1.165, 1.54) is 11.1 Å². The molecule has 30 heavy (non-hydrogen) atoms. The molecular weight excluding hydrogens is 376 g/mol. The summed E-state index contributed by atoms with van der Waals surface area (Å²) in [6.07, 6.45) is 6.51. The van der Waals surface area contributed by atoms with Gasteiger partial charge in [0.05, 0.1) is 11.4 Å². The predicted octanol–water partition coefficient (Wildman–Crippen LogP) is 4.25. The monoisotopic (exact) mass is 404 g/mol. The Labute approximate surface area is 176 Å². The number of fused-ring (bicyclic) bond motifs is 2. The summed E-state index contributed by atoms with van der Waals surface area (Å²) < 4.78 is 5.76. The number of hydrogen-bond acceptors (Lipinski definition) is 5. The molecular formula is C24H28N4O2. The third kappa shape index (κ3) is 3.34. The number of rotatable bonds is 3. The molecule has 6 heteroatoms. The van der Waals surface area contributed by atoms with E-state index in [4.69, 9.17) is 4.42 Å². The molecule has 2 aromatic heterocycles. The molecule has 0 radical (unpaired) electrons. The highest BCUT2D eigenvalue weighted by Gasteiger charge is 2.30. The summed E-state index contributed by atoms with van der Waals surface area (Å²) in [5.74, 6) is 2.06. The molecule has 1 fully saturated rings. The average molecular weight is 405 g/mol. The van der Waals surface area contributed by atoms with E-state index in [1.54, 1.807) is 6.33 Å². The number of hydrogen-bond donors (Lipinski definition) is 1. The van der Waals surface area contributed by atoms with Gasteiger partial charge in [-0.3, -0.25) is 4.79 Å². The lowest BCUT2D eigenvalue weighted by atomic mass is 9.87. The number of amides is 1. The summed E-state index contributed by atoms with van der Waals surface area (Å²) in [7, 11) is 0. The highest BCUT2D eigenvalue weighted by atomic mass is 16.3. The van der Waals surface area contributed by atoms with Crippen LogP contribution in [0.3, 0.4) is 0 Å². The van der Waals surface area contributed by atoms with Crippen LogP contribution >= 0.6 is 0 Å². The van der Waals surface area contributed by atoms with Crippen molar-refractivity contribution in [3.63, 3.8) is 0 Å². The first-order valence-corrected chi connectivity index (χ1v) is 11.0. The topological polar surface area (TPSA) is 71.3 Å². The van der Waals surface area contributed by atoms with Gasteiger partial charge in [-0.2, -0.15) is 0 Å². The summed E-state index contributed by atoms with van der Waals surface area (Å²) in [4.78, 5) is 24.1. The Morgan fingerprint density at radius 3 is 2.77 bits per heavy atom. The van der Waals surface area contributed by atoms with Crippen molar-refractivity contribution in [1.29, 1.82) is 0 Å². The fraction of sp³-hybridized carbons (Fsp3) is 0.458. The molecule has 1 aliphatic carbocycles. The Balaban J connectivity index is 1.26. The zero-order valence-electron chi connectivity index (χ0n) is 17.6. The maximum atomic E-state index is 13.0. The van der Waals surface area contributed by atoms with Crippen LogP contribution < -0.4 is 10.2 Å². The maximum Gasteiger partial charge on any atom is 0.231 e. The molecule has 1 saturated heterocycles. The van der Waals surface area contributed by atoms with Gasteiger partial charge in [0.15, 0.2) is 0 Å². The molecule has 2 aliphatic rings. The smallest absolute Gasteiger partial charge is 0.231 e. The van der Waals surface area contributed by atoms with E-state index in [2.05, 4.69) is 51.4 Å². The van der Waals surface area contributed by atoms with Gasteiger partial charge in [-0.1, -0.05) is 24.3 Å². The Bertz CT molecular complexity index is 1080. The normalized spacial score (nSPS) is 19.7. The maximum absolute atomic E-state index is 13.0. The summed E-state index contributed by atoms with van der Waals surface area (Å²) >= 11 is 0. The van der Waals surface area contributed by atoms with Crippen LogP contribution in [0.1, 0.15) is 54.2 Å². The number of piperidine rings is 1. The van der Waals surface area contributed by atoms with Gasteiger partial charge in [-0.25, -0.2) is 9.97 Å². The van der Waals surface area contributed by atoms with Crippen molar-refractivity contribution in [2.75, 3.05) is 18.0 Å². The number of nitrogens with one attached hydrogen (secondary N) is 1. The molecule has 0 spiro atoms. The number of aryl methyl sites for hydroxylation is 3.